The molecule has 0 bridgehead atoms. The van der Waals surface area contributed by atoms with Gasteiger partial charge >= 0.3 is 0 Å². The molecule has 0 aliphatic rings. The highest BCUT2D eigenvalue weighted by molar-refractivity contribution is 5.70. The second kappa shape index (κ2) is 11.3. The van der Waals surface area contributed by atoms with Crippen LogP contribution in [0, 0.1) is 0 Å². The lowest BCUT2D eigenvalue weighted by atomic mass is 10.0. The molecule has 0 radical (unpaired) electrons. The molecule has 7 aromatic rings. The van der Waals surface area contributed by atoms with Crippen molar-refractivity contribution in [1.29, 1.82) is 0 Å². The van der Waals surface area contributed by atoms with E-state index in [0.29, 0.717) is 34.9 Å². The molecule has 0 fully saturated rings. The summed E-state index contributed by atoms with van der Waals surface area (Å²) in [6.45, 7) is 0. The number of hydrogen-bond donors (Lipinski definition) is 0. The van der Waals surface area contributed by atoms with Gasteiger partial charge in [0.15, 0.2) is 23.3 Å². The highest BCUT2D eigenvalue weighted by Gasteiger charge is 2.18. The first-order chi connectivity index (χ1) is 20.8. The Hall–Kier alpha value is -5.88. The molecule has 6 heteroatoms. The summed E-state index contributed by atoms with van der Waals surface area (Å²) >= 11 is 0. The fourth-order valence-electron chi connectivity index (χ4n) is 4.67. The molecule has 0 aliphatic heterocycles. The predicted octanol–water partition coefficient (Wildman–Crippen LogP) is 8.06. The SMILES string of the molecule is c1ccc(-c2ccc(-c3nc(-c4ccccc4)nc(-c4nc(-c5ccccc5)nc(-c5ccccc5)n4)n3)cc2)cc1. The van der Waals surface area contributed by atoms with Gasteiger partial charge in [0.25, 0.3) is 0 Å². The van der Waals surface area contributed by atoms with Crippen LogP contribution in [-0.4, -0.2) is 29.9 Å². The molecule has 0 aliphatic carbocycles. The van der Waals surface area contributed by atoms with Gasteiger partial charge in [0.05, 0.1) is 0 Å². The fourth-order valence-corrected chi connectivity index (χ4v) is 4.67. The van der Waals surface area contributed by atoms with Crippen molar-refractivity contribution in [1.82, 2.24) is 29.9 Å². The van der Waals surface area contributed by atoms with Crippen LogP contribution in [0.15, 0.2) is 146 Å². The Morgan fingerprint density at radius 1 is 0.190 bits per heavy atom. The van der Waals surface area contributed by atoms with Crippen molar-refractivity contribution < 1.29 is 0 Å². The molecule has 42 heavy (non-hydrogen) atoms. The zero-order chi connectivity index (χ0) is 28.1. The van der Waals surface area contributed by atoms with Crippen LogP contribution >= 0.6 is 0 Å². The molecule has 7 rings (SSSR count). The van der Waals surface area contributed by atoms with Crippen molar-refractivity contribution in [2.24, 2.45) is 0 Å². The topological polar surface area (TPSA) is 77.3 Å². The molecule has 0 saturated carbocycles. The monoisotopic (exact) mass is 540 g/mol. The predicted molar refractivity (Wildman–Crippen MR) is 166 cm³/mol. The second-order valence-electron chi connectivity index (χ2n) is 9.65. The first-order valence-corrected chi connectivity index (χ1v) is 13.6. The Morgan fingerprint density at radius 2 is 0.405 bits per heavy atom. The Morgan fingerprint density at radius 3 is 0.738 bits per heavy atom. The molecule has 2 aromatic heterocycles. The number of rotatable bonds is 6. The van der Waals surface area contributed by atoms with Gasteiger partial charge in [-0.3, -0.25) is 0 Å². The molecule has 0 unspecified atom stereocenters. The van der Waals surface area contributed by atoms with E-state index in [-0.39, 0.29) is 0 Å². The van der Waals surface area contributed by atoms with Crippen LogP contribution in [0.1, 0.15) is 0 Å². The average Bonchev–Trinajstić information content (AvgIpc) is 3.09. The van der Waals surface area contributed by atoms with Crippen molar-refractivity contribution in [3.63, 3.8) is 0 Å². The van der Waals surface area contributed by atoms with Crippen LogP contribution < -0.4 is 0 Å². The normalized spacial score (nSPS) is 10.9. The third-order valence-electron chi connectivity index (χ3n) is 6.82. The lowest BCUT2D eigenvalue weighted by molar-refractivity contribution is 1.00. The van der Waals surface area contributed by atoms with E-state index in [4.69, 9.17) is 29.9 Å². The molecule has 2 heterocycles. The summed E-state index contributed by atoms with van der Waals surface area (Å²) in [5.41, 5.74) is 5.78. The van der Waals surface area contributed by atoms with Gasteiger partial charge in [-0.2, -0.15) is 0 Å². The van der Waals surface area contributed by atoms with E-state index < -0.39 is 0 Å². The summed E-state index contributed by atoms with van der Waals surface area (Å²) in [5, 5.41) is 0. The quantitative estimate of drug-likeness (QED) is 0.212. The number of aromatic nitrogens is 6. The van der Waals surface area contributed by atoms with E-state index in [1.54, 1.807) is 0 Å². The maximum atomic E-state index is 4.90. The van der Waals surface area contributed by atoms with E-state index in [1.165, 1.54) is 0 Å². The van der Waals surface area contributed by atoms with Crippen LogP contribution in [0.2, 0.25) is 0 Å². The third-order valence-corrected chi connectivity index (χ3v) is 6.82. The van der Waals surface area contributed by atoms with Crippen molar-refractivity contribution in [2.45, 2.75) is 0 Å². The Bertz CT molecular complexity index is 1890. The minimum absolute atomic E-state index is 0.378. The fraction of sp³-hybridized carbons (Fsp3) is 0. The van der Waals surface area contributed by atoms with Crippen LogP contribution in [0.25, 0.3) is 68.3 Å². The number of nitrogens with zero attached hydrogens (tertiary/aromatic N) is 6. The summed E-state index contributed by atoms with van der Waals surface area (Å²) in [6, 6.07) is 48.1. The van der Waals surface area contributed by atoms with E-state index >= 15 is 0 Å². The van der Waals surface area contributed by atoms with Gasteiger partial charge in [0.1, 0.15) is 0 Å². The van der Waals surface area contributed by atoms with Gasteiger partial charge in [0, 0.05) is 22.3 Å². The first-order valence-electron chi connectivity index (χ1n) is 13.6. The summed E-state index contributed by atoms with van der Waals surface area (Å²) in [6.07, 6.45) is 0. The number of benzene rings is 5. The Balaban J connectivity index is 1.39. The first kappa shape index (κ1) is 25.1. The highest BCUT2D eigenvalue weighted by atomic mass is 15.1. The van der Waals surface area contributed by atoms with Crippen molar-refractivity contribution in [2.75, 3.05) is 0 Å². The zero-order valence-electron chi connectivity index (χ0n) is 22.5. The third kappa shape index (κ3) is 5.29. The summed E-state index contributed by atoms with van der Waals surface area (Å²) < 4.78 is 0. The largest absolute Gasteiger partial charge is 0.208 e. The maximum absolute atomic E-state index is 4.90. The molecule has 0 atom stereocenters. The summed E-state index contributed by atoms with van der Waals surface area (Å²) in [5.74, 6) is 2.95. The van der Waals surface area contributed by atoms with Crippen LogP contribution in [0.3, 0.4) is 0 Å². The standard InChI is InChI=1S/C36H24N6/c1-5-13-25(14-6-1)26-21-23-30(24-22-26)34-38-33(29-19-11-4-12-20-29)41-36(42-34)35-39-31(27-15-7-2-8-16-27)37-32(40-35)28-17-9-3-10-18-28/h1-24H. The van der Waals surface area contributed by atoms with Crippen LogP contribution in [-0.2, 0) is 0 Å². The minimum atomic E-state index is 0.378. The lowest BCUT2D eigenvalue weighted by Gasteiger charge is -2.10. The molecule has 6 nitrogen and oxygen atoms in total. The molecule has 0 amide bonds. The van der Waals surface area contributed by atoms with E-state index in [2.05, 4.69) is 24.3 Å². The van der Waals surface area contributed by atoms with Crippen molar-refractivity contribution >= 4 is 0 Å². The number of hydrogen-bond acceptors (Lipinski definition) is 6. The average molecular weight is 541 g/mol. The smallest absolute Gasteiger partial charge is 0.202 e. The maximum Gasteiger partial charge on any atom is 0.202 e. The van der Waals surface area contributed by atoms with Gasteiger partial charge < -0.3 is 0 Å². The van der Waals surface area contributed by atoms with Gasteiger partial charge in [-0.15, -0.1) is 0 Å². The van der Waals surface area contributed by atoms with Crippen molar-refractivity contribution in [3.8, 4) is 68.3 Å². The lowest BCUT2D eigenvalue weighted by Crippen LogP contribution is -2.05. The zero-order valence-corrected chi connectivity index (χ0v) is 22.5. The van der Waals surface area contributed by atoms with Gasteiger partial charge in [0.2, 0.25) is 11.6 Å². The molecule has 198 valence electrons. The van der Waals surface area contributed by atoms with Gasteiger partial charge in [-0.05, 0) is 11.1 Å². The molecule has 5 aromatic carbocycles. The Labute approximate surface area is 243 Å². The van der Waals surface area contributed by atoms with E-state index in [0.717, 1.165) is 33.4 Å². The Kier molecular flexibility index (Phi) is 6.76. The van der Waals surface area contributed by atoms with Crippen LogP contribution in [0.4, 0.5) is 0 Å². The molecule has 0 spiro atoms. The van der Waals surface area contributed by atoms with Crippen LogP contribution in [0.5, 0.6) is 0 Å². The van der Waals surface area contributed by atoms with Crippen molar-refractivity contribution in [3.05, 3.63) is 146 Å². The van der Waals surface area contributed by atoms with E-state index in [9.17, 15) is 0 Å². The highest BCUT2D eigenvalue weighted by Crippen LogP contribution is 2.28. The minimum Gasteiger partial charge on any atom is -0.208 e. The van der Waals surface area contributed by atoms with Gasteiger partial charge in [-0.25, -0.2) is 29.9 Å². The summed E-state index contributed by atoms with van der Waals surface area (Å²) in [4.78, 5) is 29.1. The van der Waals surface area contributed by atoms with E-state index in [1.807, 2.05) is 121 Å². The molecule has 0 N–H and O–H groups in total. The second-order valence-corrected chi connectivity index (χ2v) is 9.65. The molecular formula is C36H24N6. The van der Waals surface area contributed by atoms with Gasteiger partial charge in [-0.1, -0.05) is 146 Å². The molecule has 0 saturated heterocycles. The summed E-state index contributed by atoms with van der Waals surface area (Å²) in [7, 11) is 0. The molecular weight excluding hydrogens is 516 g/mol.